The van der Waals surface area contributed by atoms with Crippen LogP contribution in [0.1, 0.15) is 12.8 Å². The van der Waals surface area contributed by atoms with Gasteiger partial charge in [0.1, 0.15) is 6.61 Å². The Labute approximate surface area is 103 Å². The van der Waals surface area contributed by atoms with Crippen molar-refractivity contribution in [2.75, 3.05) is 13.2 Å². The van der Waals surface area contributed by atoms with Crippen molar-refractivity contribution >= 4 is 0 Å². The monoisotopic (exact) mass is 261 g/mol. The van der Waals surface area contributed by atoms with Crippen LogP contribution in [0.4, 0.5) is 13.2 Å². The predicted molar refractivity (Wildman–Crippen MR) is 59.6 cm³/mol. The first-order valence-corrected chi connectivity index (χ1v) is 5.75. The third-order valence-corrected chi connectivity index (χ3v) is 2.44. The van der Waals surface area contributed by atoms with E-state index in [0.29, 0.717) is 19.2 Å². The maximum absolute atomic E-state index is 12.1. The molecule has 0 radical (unpaired) electrons. The largest absolute Gasteiger partial charge is 0.573 e. The van der Waals surface area contributed by atoms with Gasteiger partial charge in [-0.3, -0.25) is 0 Å². The Balaban J connectivity index is 1.85. The van der Waals surface area contributed by atoms with Crippen LogP contribution in [0.15, 0.2) is 24.3 Å². The van der Waals surface area contributed by atoms with Crippen molar-refractivity contribution in [3.63, 3.8) is 0 Å². The summed E-state index contributed by atoms with van der Waals surface area (Å²) in [5.74, 6) is -0.205. The molecule has 1 aromatic carbocycles. The summed E-state index contributed by atoms with van der Waals surface area (Å²) in [7, 11) is 0. The smallest absolute Gasteiger partial charge is 0.488 e. The fourth-order valence-electron chi connectivity index (χ4n) is 1.49. The second kappa shape index (κ2) is 5.48. The van der Waals surface area contributed by atoms with E-state index >= 15 is 0 Å². The Bertz CT molecular complexity index is 391. The number of alkyl halides is 3. The molecule has 1 aliphatic rings. The molecule has 0 bridgehead atoms. The Morgan fingerprint density at radius 3 is 2.44 bits per heavy atom. The van der Waals surface area contributed by atoms with Crippen molar-refractivity contribution in [3.05, 3.63) is 24.3 Å². The molecule has 0 aliphatic heterocycles. The Hall–Kier alpha value is -1.43. The summed E-state index contributed by atoms with van der Waals surface area (Å²) in [6, 6.07) is 6.31. The Morgan fingerprint density at radius 2 is 1.83 bits per heavy atom. The lowest BCUT2D eigenvalue weighted by Crippen LogP contribution is -2.23. The topological polar surface area (TPSA) is 30.5 Å². The van der Waals surface area contributed by atoms with E-state index in [0.717, 1.165) is 12.8 Å². The molecule has 6 heteroatoms. The highest BCUT2D eigenvalue weighted by Crippen LogP contribution is 2.31. The third-order valence-electron chi connectivity index (χ3n) is 2.44. The molecule has 0 atom stereocenters. The summed E-state index contributed by atoms with van der Waals surface area (Å²) < 4.78 is 45.6. The summed E-state index contributed by atoms with van der Waals surface area (Å²) in [4.78, 5) is 0. The standard InChI is InChI=1S/C12H14F3NO2/c13-12(14,15)18-11-4-2-1-3-10(11)17-8-7-16-9-5-6-9/h1-4,9,16H,5-8H2. The molecular weight excluding hydrogens is 247 g/mol. The molecule has 0 unspecified atom stereocenters. The van der Waals surface area contributed by atoms with Gasteiger partial charge in [-0.05, 0) is 25.0 Å². The second-order valence-corrected chi connectivity index (χ2v) is 4.07. The first-order valence-electron chi connectivity index (χ1n) is 5.75. The van der Waals surface area contributed by atoms with Gasteiger partial charge >= 0.3 is 6.36 Å². The summed E-state index contributed by atoms with van der Waals surface area (Å²) in [5, 5.41) is 3.21. The minimum absolute atomic E-state index is 0.104. The quantitative estimate of drug-likeness (QED) is 0.799. The highest BCUT2D eigenvalue weighted by molar-refractivity contribution is 5.39. The SMILES string of the molecule is FC(F)(F)Oc1ccccc1OCCNC1CC1. The third kappa shape index (κ3) is 4.44. The Morgan fingerprint density at radius 1 is 1.17 bits per heavy atom. The molecule has 18 heavy (non-hydrogen) atoms. The predicted octanol–water partition coefficient (Wildman–Crippen LogP) is 2.72. The minimum atomic E-state index is -4.70. The highest BCUT2D eigenvalue weighted by Gasteiger charge is 2.32. The second-order valence-electron chi connectivity index (χ2n) is 4.07. The van der Waals surface area contributed by atoms with Crippen LogP contribution in [0, 0.1) is 0 Å². The lowest BCUT2D eigenvalue weighted by atomic mass is 10.3. The fourth-order valence-corrected chi connectivity index (χ4v) is 1.49. The number of rotatable bonds is 6. The summed E-state index contributed by atoms with van der Waals surface area (Å²) in [6.07, 6.45) is -2.38. The fraction of sp³-hybridized carbons (Fsp3) is 0.500. The average molecular weight is 261 g/mol. The normalized spacial score (nSPS) is 15.5. The molecule has 0 amide bonds. The minimum Gasteiger partial charge on any atom is -0.488 e. The van der Waals surface area contributed by atoms with Crippen LogP contribution in [-0.2, 0) is 0 Å². The van der Waals surface area contributed by atoms with E-state index in [1.807, 2.05) is 0 Å². The summed E-state index contributed by atoms with van der Waals surface area (Å²) >= 11 is 0. The van der Waals surface area contributed by atoms with Gasteiger partial charge in [-0.15, -0.1) is 13.2 Å². The maximum Gasteiger partial charge on any atom is 0.573 e. The van der Waals surface area contributed by atoms with Crippen LogP contribution in [0.25, 0.3) is 0 Å². The molecule has 1 aliphatic carbocycles. The van der Waals surface area contributed by atoms with Gasteiger partial charge in [-0.1, -0.05) is 12.1 Å². The molecule has 0 aromatic heterocycles. The first kappa shape index (κ1) is 13.0. The number of halogens is 3. The zero-order valence-electron chi connectivity index (χ0n) is 9.67. The van der Waals surface area contributed by atoms with E-state index in [9.17, 15) is 13.2 Å². The van der Waals surface area contributed by atoms with Crippen molar-refractivity contribution in [2.24, 2.45) is 0 Å². The molecule has 0 saturated heterocycles. The van der Waals surface area contributed by atoms with Gasteiger partial charge in [0.15, 0.2) is 11.5 Å². The number of benzene rings is 1. The van der Waals surface area contributed by atoms with Crippen molar-refractivity contribution in [1.82, 2.24) is 5.32 Å². The summed E-state index contributed by atoms with van der Waals surface area (Å²) in [6.45, 7) is 0.930. The molecule has 1 saturated carbocycles. The molecule has 100 valence electrons. The van der Waals surface area contributed by atoms with Crippen LogP contribution in [0.3, 0.4) is 0 Å². The summed E-state index contributed by atoms with van der Waals surface area (Å²) in [5.41, 5.74) is 0. The van der Waals surface area contributed by atoms with E-state index < -0.39 is 6.36 Å². The molecule has 0 heterocycles. The van der Waals surface area contributed by atoms with Gasteiger partial charge in [0.2, 0.25) is 0 Å². The Kier molecular flexibility index (Phi) is 3.96. The van der Waals surface area contributed by atoms with Crippen molar-refractivity contribution in [3.8, 4) is 11.5 Å². The lowest BCUT2D eigenvalue weighted by Gasteiger charge is -2.13. The van der Waals surface area contributed by atoms with Gasteiger partial charge in [0.05, 0.1) is 0 Å². The zero-order valence-corrected chi connectivity index (χ0v) is 9.67. The van der Waals surface area contributed by atoms with Gasteiger partial charge in [0.25, 0.3) is 0 Å². The average Bonchev–Trinajstić information content (AvgIpc) is 3.08. The van der Waals surface area contributed by atoms with Crippen LogP contribution in [-0.4, -0.2) is 25.6 Å². The maximum atomic E-state index is 12.1. The molecule has 2 rings (SSSR count). The molecule has 0 spiro atoms. The zero-order chi connectivity index (χ0) is 13.0. The van der Waals surface area contributed by atoms with Crippen LogP contribution in [0.5, 0.6) is 11.5 Å². The van der Waals surface area contributed by atoms with E-state index in [1.165, 1.54) is 18.2 Å². The van der Waals surface area contributed by atoms with E-state index in [2.05, 4.69) is 10.1 Å². The van der Waals surface area contributed by atoms with Crippen LogP contribution < -0.4 is 14.8 Å². The number of nitrogens with one attached hydrogen (secondary N) is 1. The molecule has 1 N–H and O–H groups in total. The molecule has 1 fully saturated rings. The molecule has 1 aromatic rings. The number of hydrogen-bond acceptors (Lipinski definition) is 3. The van der Waals surface area contributed by atoms with E-state index in [-0.39, 0.29) is 11.5 Å². The van der Waals surface area contributed by atoms with Gasteiger partial charge in [-0.2, -0.15) is 0 Å². The van der Waals surface area contributed by atoms with Crippen LogP contribution >= 0.6 is 0 Å². The van der Waals surface area contributed by atoms with Crippen molar-refractivity contribution < 1.29 is 22.6 Å². The van der Waals surface area contributed by atoms with Gasteiger partial charge in [-0.25, -0.2) is 0 Å². The molecular formula is C12H14F3NO2. The highest BCUT2D eigenvalue weighted by atomic mass is 19.4. The van der Waals surface area contributed by atoms with Gasteiger partial charge < -0.3 is 14.8 Å². The van der Waals surface area contributed by atoms with E-state index in [1.54, 1.807) is 6.07 Å². The van der Waals surface area contributed by atoms with Gasteiger partial charge in [0, 0.05) is 12.6 Å². The van der Waals surface area contributed by atoms with E-state index in [4.69, 9.17) is 4.74 Å². The number of hydrogen-bond donors (Lipinski definition) is 1. The number of ether oxygens (including phenoxy) is 2. The molecule has 3 nitrogen and oxygen atoms in total. The number of para-hydroxylation sites is 2. The van der Waals surface area contributed by atoms with Crippen LogP contribution in [0.2, 0.25) is 0 Å². The first-order chi connectivity index (χ1) is 8.54. The van der Waals surface area contributed by atoms with Crippen molar-refractivity contribution in [2.45, 2.75) is 25.2 Å². The van der Waals surface area contributed by atoms with Crippen molar-refractivity contribution in [1.29, 1.82) is 0 Å². The lowest BCUT2D eigenvalue weighted by molar-refractivity contribution is -0.275.